The largest absolute Gasteiger partial charge is 0.449 e. The Hall–Kier alpha value is -3.44. The molecule has 0 bridgehead atoms. The quantitative estimate of drug-likeness (QED) is 0.654. The zero-order chi connectivity index (χ0) is 20.3. The van der Waals surface area contributed by atoms with E-state index in [-0.39, 0.29) is 6.61 Å². The van der Waals surface area contributed by atoms with E-state index in [1.54, 1.807) is 6.92 Å². The Kier molecular flexibility index (Phi) is 5.14. The van der Waals surface area contributed by atoms with Crippen LogP contribution in [0.1, 0.15) is 29.7 Å². The summed E-state index contributed by atoms with van der Waals surface area (Å²) in [4.78, 5) is 27.6. The average Bonchev–Trinajstić information content (AvgIpc) is 3.10. The molecule has 1 atom stereocenters. The highest BCUT2D eigenvalue weighted by Gasteiger charge is 2.58. The summed E-state index contributed by atoms with van der Waals surface area (Å²) in [5.41, 5.74) is 0.601. The molecular weight excluding hydrogens is 366 g/mol. The second kappa shape index (κ2) is 7.89. The maximum Gasteiger partial charge on any atom is 0.419 e. The van der Waals surface area contributed by atoms with Gasteiger partial charge in [-0.25, -0.2) is 9.69 Å². The Labute approximate surface area is 169 Å². The van der Waals surface area contributed by atoms with Crippen LogP contribution in [0.4, 0.5) is 4.79 Å². The van der Waals surface area contributed by atoms with Gasteiger partial charge >= 0.3 is 6.09 Å². The lowest BCUT2D eigenvalue weighted by Crippen LogP contribution is -2.49. The predicted molar refractivity (Wildman–Crippen MR) is 108 cm³/mol. The first-order valence-electron chi connectivity index (χ1n) is 9.53. The van der Waals surface area contributed by atoms with Crippen molar-refractivity contribution in [2.75, 3.05) is 6.61 Å². The topological polar surface area (TPSA) is 55.8 Å². The number of nitrogens with zero attached hydrogens (tertiary/aromatic N) is 1. The van der Waals surface area contributed by atoms with Crippen molar-refractivity contribution in [3.05, 3.63) is 108 Å². The van der Waals surface area contributed by atoms with Gasteiger partial charge in [-0.05, 0) is 12.5 Å². The summed E-state index contributed by atoms with van der Waals surface area (Å²) in [5.74, 6) is -0.456. The highest BCUT2D eigenvalue weighted by Crippen LogP contribution is 2.48. The SMILES string of the molecule is CCOC(=O)N1C(=O)C(c2ccccc2)OC1(c1ccccc1)c1ccccc1. The smallest absolute Gasteiger partial charge is 0.419 e. The molecule has 0 saturated carbocycles. The van der Waals surface area contributed by atoms with Gasteiger partial charge in [0, 0.05) is 11.1 Å². The minimum absolute atomic E-state index is 0.151. The number of hydrogen-bond donors (Lipinski definition) is 0. The fourth-order valence-electron chi connectivity index (χ4n) is 3.68. The van der Waals surface area contributed by atoms with Gasteiger partial charge in [0.05, 0.1) is 6.61 Å². The van der Waals surface area contributed by atoms with Crippen LogP contribution in [0.3, 0.4) is 0 Å². The highest BCUT2D eigenvalue weighted by atomic mass is 16.6. The maximum absolute atomic E-state index is 13.5. The van der Waals surface area contributed by atoms with Crippen molar-refractivity contribution in [2.45, 2.75) is 18.8 Å². The summed E-state index contributed by atoms with van der Waals surface area (Å²) in [7, 11) is 0. The fourth-order valence-corrected chi connectivity index (χ4v) is 3.68. The van der Waals surface area contributed by atoms with Gasteiger partial charge in [0.25, 0.3) is 5.91 Å². The van der Waals surface area contributed by atoms with E-state index in [1.807, 2.05) is 91.0 Å². The van der Waals surface area contributed by atoms with Gasteiger partial charge in [-0.3, -0.25) is 4.79 Å². The minimum Gasteiger partial charge on any atom is -0.449 e. The zero-order valence-electron chi connectivity index (χ0n) is 16.0. The molecule has 0 N–H and O–H groups in total. The van der Waals surface area contributed by atoms with Crippen LogP contribution in [0.15, 0.2) is 91.0 Å². The van der Waals surface area contributed by atoms with Crippen LogP contribution in [0, 0.1) is 0 Å². The molecule has 5 heteroatoms. The first-order valence-corrected chi connectivity index (χ1v) is 9.53. The lowest BCUT2D eigenvalue weighted by molar-refractivity contribution is -0.129. The molecule has 0 aromatic heterocycles. The van der Waals surface area contributed by atoms with Crippen molar-refractivity contribution in [3.8, 4) is 0 Å². The summed E-state index contributed by atoms with van der Waals surface area (Å²) in [6, 6.07) is 27.7. The van der Waals surface area contributed by atoms with Gasteiger partial charge in [0.2, 0.25) is 5.72 Å². The van der Waals surface area contributed by atoms with Crippen LogP contribution in [0.25, 0.3) is 0 Å². The third-order valence-corrected chi connectivity index (χ3v) is 4.93. The maximum atomic E-state index is 13.5. The number of amides is 2. The second-order valence-corrected chi connectivity index (χ2v) is 6.66. The molecule has 5 nitrogen and oxygen atoms in total. The number of benzene rings is 3. The molecule has 3 aromatic carbocycles. The van der Waals surface area contributed by atoms with Gasteiger partial charge in [-0.1, -0.05) is 91.0 Å². The number of ether oxygens (including phenoxy) is 2. The van der Waals surface area contributed by atoms with Gasteiger partial charge in [-0.2, -0.15) is 0 Å². The Balaban J connectivity index is 1.95. The van der Waals surface area contributed by atoms with Crippen molar-refractivity contribution in [2.24, 2.45) is 0 Å². The molecule has 0 aliphatic carbocycles. The number of imide groups is 1. The summed E-state index contributed by atoms with van der Waals surface area (Å²) < 4.78 is 11.7. The highest BCUT2D eigenvalue weighted by molar-refractivity contribution is 5.98. The number of carbonyl (C=O) groups excluding carboxylic acids is 2. The first kappa shape index (κ1) is 18.9. The van der Waals surface area contributed by atoms with Crippen LogP contribution in [-0.4, -0.2) is 23.5 Å². The molecular formula is C24H21NO4. The van der Waals surface area contributed by atoms with Crippen LogP contribution in [0.2, 0.25) is 0 Å². The number of rotatable bonds is 4. The van der Waals surface area contributed by atoms with Crippen LogP contribution >= 0.6 is 0 Å². The molecule has 4 rings (SSSR count). The molecule has 1 heterocycles. The third-order valence-electron chi connectivity index (χ3n) is 4.93. The molecule has 1 fully saturated rings. The Morgan fingerprint density at radius 2 is 1.38 bits per heavy atom. The van der Waals surface area contributed by atoms with Crippen molar-refractivity contribution < 1.29 is 19.1 Å². The zero-order valence-corrected chi connectivity index (χ0v) is 16.0. The Morgan fingerprint density at radius 3 is 1.86 bits per heavy atom. The standard InChI is InChI=1S/C24H21NO4/c1-2-28-23(27)25-22(26)21(18-12-6-3-7-13-18)29-24(25,19-14-8-4-9-15-19)20-16-10-5-11-17-20/h3-17,21H,2H2,1H3. The molecule has 1 unspecified atom stereocenters. The molecule has 2 amide bonds. The van der Waals surface area contributed by atoms with Gasteiger partial charge in [-0.15, -0.1) is 0 Å². The van der Waals surface area contributed by atoms with Crippen LogP contribution in [-0.2, 0) is 20.0 Å². The van der Waals surface area contributed by atoms with Crippen molar-refractivity contribution in [1.29, 1.82) is 0 Å². The van der Waals surface area contributed by atoms with Crippen molar-refractivity contribution in [3.63, 3.8) is 0 Å². The monoisotopic (exact) mass is 387 g/mol. The normalized spacial score (nSPS) is 17.9. The van der Waals surface area contributed by atoms with Crippen LogP contribution < -0.4 is 0 Å². The van der Waals surface area contributed by atoms with E-state index in [9.17, 15) is 9.59 Å². The van der Waals surface area contributed by atoms with E-state index < -0.39 is 23.8 Å². The lowest BCUT2D eigenvalue weighted by Gasteiger charge is -2.35. The van der Waals surface area contributed by atoms with E-state index in [0.29, 0.717) is 16.7 Å². The van der Waals surface area contributed by atoms with E-state index in [4.69, 9.17) is 9.47 Å². The molecule has 0 radical (unpaired) electrons. The van der Waals surface area contributed by atoms with Crippen LogP contribution in [0.5, 0.6) is 0 Å². The molecule has 1 aliphatic heterocycles. The molecule has 1 aliphatic rings. The average molecular weight is 387 g/mol. The molecule has 29 heavy (non-hydrogen) atoms. The number of hydrogen-bond acceptors (Lipinski definition) is 4. The first-order chi connectivity index (χ1) is 14.2. The lowest BCUT2D eigenvalue weighted by atomic mass is 9.93. The van der Waals surface area contributed by atoms with Crippen molar-refractivity contribution in [1.82, 2.24) is 4.90 Å². The van der Waals surface area contributed by atoms with E-state index >= 15 is 0 Å². The molecule has 0 spiro atoms. The Bertz CT molecular complexity index is 950. The van der Waals surface area contributed by atoms with Crippen molar-refractivity contribution >= 4 is 12.0 Å². The van der Waals surface area contributed by atoms with E-state index in [1.165, 1.54) is 0 Å². The number of carbonyl (C=O) groups is 2. The minimum atomic E-state index is -1.42. The fraction of sp³-hybridized carbons (Fsp3) is 0.167. The second-order valence-electron chi connectivity index (χ2n) is 6.66. The summed E-state index contributed by atoms with van der Waals surface area (Å²) in [6.07, 6.45) is -1.66. The summed E-state index contributed by atoms with van der Waals surface area (Å²) in [5, 5.41) is 0. The summed E-state index contributed by atoms with van der Waals surface area (Å²) in [6.45, 7) is 1.86. The molecule has 146 valence electrons. The Morgan fingerprint density at radius 1 is 0.897 bits per heavy atom. The van der Waals surface area contributed by atoms with Gasteiger partial charge < -0.3 is 9.47 Å². The van der Waals surface area contributed by atoms with E-state index in [2.05, 4.69) is 0 Å². The molecule has 1 saturated heterocycles. The predicted octanol–water partition coefficient (Wildman–Crippen LogP) is 4.64. The van der Waals surface area contributed by atoms with Gasteiger partial charge in [0.1, 0.15) is 0 Å². The van der Waals surface area contributed by atoms with E-state index in [0.717, 1.165) is 4.90 Å². The molecule has 3 aromatic rings. The van der Waals surface area contributed by atoms with Gasteiger partial charge in [0.15, 0.2) is 6.10 Å². The summed E-state index contributed by atoms with van der Waals surface area (Å²) >= 11 is 0. The third kappa shape index (κ3) is 3.19.